The summed E-state index contributed by atoms with van der Waals surface area (Å²) >= 11 is -1.36. The Kier molecular flexibility index (Phi) is 16.7. The fourth-order valence-electron chi connectivity index (χ4n) is 0. The Bertz CT molecular complexity index is 65.5. The van der Waals surface area contributed by atoms with E-state index in [1.807, 2.05) is 11.5 Å². The average Bonchev–Trinajstić information content (AvgIpc) is 1.89. The van der Waals surface area contributed by atoms with Gasteiger partial charge < -0.3 is 6.92 Å². The molecule has 60 valence electrons. The molecule has 0 N–H and O–H groups in total. The molecule has 0 spiro atoms. The molecular weight excluding hydrogens is 244 g/mol. The first-order valence-electron chi connectivity index (χ1n) is 2.76. The Labute approximate surface area is 71.1 Å². The maximum atomic E-state index is 5.32. The second-order valence-electron chi connectivity index (χ2n) is 1.26. The summed E-state index contributed by atoms with van der Waals surface area (Å²) < 4.78 is 1.84. The molecule has 0 nitrogen and oxygen atoms in total. The summed E-state index contributed by atoms with van der Waals surface area (Å²) in [6, 6.07) is 0. The van der Waals surface area contributed by atoms with Gasteiger partial charge in [-0.1, -0.05) is 13.3 Å². The van der Waals surface area contributed by atoms with E-state index in [1.54, 1.807) is 0 Å². The van der Waals surface area contributed by atoms with Gasteiger partial charge in [0.15, 0.2) is 0 Å². The second-order valence-corrected chi connectivity index (χ2v) is 7.49. The van der Waals surface area contributed by atoms with Gasteiger partial charge in [-0.25, -0.2) is 0 Å². The minimum atomic E-state index is -1.36. The Hall–Kier alpha value is 1.07. The van der Waals surface area contributed by atoms with Gasteiger partial charge in [-0.2, -0.15) is 6.42 Å². The van der Waals surface area contributed by atoms with Crippen LogP contribution in [0.25, 0.3) is 0 Å². The van der Waals surface area contributed by atoms with E-state index in [0.717, 1.165) is 6.42 Å². The third-order valence-corrected chi connectivity index (χ3v) is 3.09. The molecule has 0 heterocycles. The van der Waals surface area contributed by atoms with Gasteiger partial charge in [-0.3, -0.25) is 0 Å². The molecular formula is C6H13Cl2Ru-. The maximum absolute atomic E-state index is 5.32. The van der Waals surface area contributed by atoms with E-state index < -0.39 is 13.5 Å². The van der Waals surface area contributed by atoms with Crippen molar-refractivity contribution in [1.29, 1.82) is 0 Å². The van der Waals surface area contributed by atoms with E-state index in [9.17, 15) is 0 Å². The first-order chi connectivity index (χ1) is 4.18. The standard InChI is InChI=1S/C4H9.C2H4.2ClH.Ru/c1-3-4-2;1-2;;;/h1,3-4H2,2H3;1H,2H3;2*1H;/q-1;;;;+2/p-2. The number of unbranched alkanes of at least 4 members (excludes halogenated alkanes) is 1. The van der Waals surface area contributed by atoms with E-state index in [-0.39, 0.29) is 0 Å². The molecule has 0 amide bonds. The van der Waals surface area contributed by atoms with Gasteiger partial charge in [0.2, 0.25) is 0 Å². The van der Waals surface area contributed by atoms with Crippen molar-refractivity contribution in [2.75, 3.05) is 0 Å². The number of halogens is 2. The van der Waals surface area contributed by atoms with Crippen LogP contribution < -0.4 is 0 Å². The molecule has 0 aromatic heterocycles. The normalized spacial score (nSPS) is 9.22. The molecule has 0 radical (unpaired) electrons. The molecule has 0 saturated heterocycles. The van der Waals surface area contributed by atoms with E-state index in [0.29, 0.717) is 0 Å². The van der Waals surface area contributed by atoms with Crippen LogP contribution in [0.3, 0.4) is 0 Å². The summed E-state index contributed by atoms with van der Waals surface area (Å²) in [5.74, 6) is 0. The summed E-state index contributed by atoms with van der Waals surface area (Å²) in [4.78, 5) is 0. The van der Waals surface area contributed by atoms with Crippen LogP contribution in [0.4, 0.5) is 0 Å². The van der Waals surface area contributed by atoms with E-state index in [4.69, 9.17) is 19.4 Å². The van der Waals surface area contributed by atoms with Crippen molar-refractivity contribution >= 4 is 24.0 Å². The monoisotopic (exact) mass is 257 g/mol. The SMILES string of the molecule is C[CH]=[Ru]([Cl])[Cl].[CH2-]CCC. The van der Waals surface area contributed by atoms with Gasteiger partial charge in [-0.05, 0) is 0 Å². The molecule has 0 aliphatic rings. The zero-order valence-electron chi connectivity index (χ0n) is 5.81. The summed E-state index contributed by atoms with van der Waals surface area (Å²) in [5, 5.41) is 0. The fourth-order valence-corrected chi connectivity index (χ4v) is 0. The first-order valence-corrected chi connectivity index (χ1v) is 8.24. The van der Waals surface area contributed by atoms with Crippen molar-refractivity contribution in [3.63, 3.8) is 0 Å². The molecule has 0 aromatic rings. The number of hydrogen-bond acceptors (Lipinski definition) is 0. The van der Waals surface area contributed by atoms with Crippen molar-refractivity contribution in [3.05, 3.63) is 6.92 Å². The molecule has 0 rings (SSSR count). The predicted molar refractivity (Wildman–Crippen MR) is 43.7 cm³/mol. The quantitative estimate of drug-likeness (QED) is 0.499. The van der Waals surface area contributed by atoms with Crippen LogP contribution in [0.15, 0.2) is 0 Å². The molecule has 9 heavy (non-hydrogen) atoms. The molecule has 0 atom stereocenters. The van der Waals surface area contributed by atoms with Gasteiger partial charge in [0.25, 0.3) is 0 Å². The van der Waals surface area contributed by atoms with E-state index in [1.165, 1.54) is 6.42 Å². The van der Waals surface area contributed by atoms with Crippen LogP contribution in [0.1, 0.15) is 26.7 Å². The number of rotatable bonds is 1. The van der Waals surface area contributed by atoms with Crippen LogP contribution in [0, 0.1) is 6.92 Å². The second kappa shape index (κ2) is 11.8. The third-order valence-electron chi connectivity index (χ3n) is 0.508. The van der Waals surface area contributed by atoms with E-state index >= 15 is 0 Å². The van der Waals surface area contributed by atoms with Gasteiger partial charge >= 0.3 is 44.4 Å². The molecule has 0 saturated carbocycles. The van der Waals surface area contributed by atoms with E-state index in [2.05, 4.69) is 13.8 Å². The Balaban J connectivity index is 0. The van der Waals surface area contributed by atoms with Gasteiger partial charge in [-0.15, -0.1) is 0 Å². The van der Waals surface area contributed by atoms with Crippen LogP contribution >= 0.6 is 19.4 Å². The van der Waals surface area contributed by atoms with Crippen LogP contribution in [0.5, 0.6) is 0 Å². The Morgan fingerprint density at radius 2 is 1.78 bits per heavy atom. The van der Waals surface area contributed by atoms with Crippen molar-refractivity contribution < 1.29 is 13.5 Å². The average molecular weight is 257 g/mol. The largest absolute Gasteiger partial charge is 0.343 e. The smallest absolute Gasteiger partial charge is 0.0678 e. The molecule has 0 aliphatic carbocycles. The van der Waals surface area contributed by atoms with Crippen molar-refractivity contribution in [2.24, 2.45) is 0 Å². The third kappa shape index (κ3) is 27.4. The van der Waals surface area contributed by atoms with Gasteiger partial charge in [0.05, 0.1) is 0 Å². The van der Waals surface area contributed by atoms with Crippen LogP contribution in [-0.4, -0.2) is 4.61 Å². The minimum Gasteiger partial charge on any atom is -0.343 e. The molecule has 0 fully saturated rings. The van der Waals surface area contributed by atoms with Crippen molar-refractivity contribution in [2.45, 2.75) is 26.7 Å². The molecule has 0 unspecified atom stereocenters. The fraction of sp³-hybridized carbons (Fsp3) is 0.667. The number of hydrogen-bond donors (Lipinski definition) is 0. The Morgan fingerprint density at radius 1 is 1.56 bits per heavy atom. The summed E-state index contributed by atoms with van der Waals surface area (Å²) in [6.07, 6.45) is 2.28. The molecule has 0 bridgehead atoms. The molecule has 0 aromatic carbocycles. The van der Waals surface area contributed by atoms with Crippen molar-refractivity contribution in [3.8, 4) is 0 Å². The summed E-state index contributed by atoms with van der Waals surface area (Å²) in [5.41, 5.74) is 0. The maximum Gasteiger partial charge on any atom is -0.0678 e. The molecule has 3 heteroatoms. The van der Waals surface area contributed by atoms with Crippen molar-refractivity contribution in [1.82, 2.24) is 0 Å². The summed E-state index contributed by atoms with van der Waals surface area (Å²) in [6.45, 7) is 7.60. The van der Waals surface area contributed by atoms with Gasteiger partial charge in [0, 0.05) is 0 Å². The first kappa shape index (κ1) is 12.7. The molecule has 0 aliphatic heterocycles. The predicted octanol–water partition coefficient (Wildman–Crippen LogP) is 3.35. The van der Waals surface area contributed by atoms with Crippen LogP contribution in [-0.2, 0) is 13.5 Å². The summed E-state index contributed by atoms with van der Waals surface area (Å²) in [7, 11) is 10.6. The zero-order valence-corrected chi connectivity index (χ0v) is 9.06. The van der Waals surface area contributed by atoms with Crippen LogP contribution in [0.2, 0.25) is 0 Å². The topological polar surface area (TPSA) is 0 Å². The zero-order chi connectivity index (χ0) is 7.70. The minimum absolute atomic E-state index is 1.07. The Morgan fingerprint density at radius 3 is 1.78 bits per heavy atom. The van der Waals surface area contributed by atoms with Gasteiger partial charge in [0.1, 0.15) is 0 Å².